The molecule has 0 bridgehead atoms. The topological polar surface area (TPSA) is 72.2 Å². The molecule has 0 aliphatic carbocycles. The van der Waals surface area contributed by atoms with Gasteiger partial charge in [0.2, 0.25) is 5.91 Å². The van der Waals surface area contributed by atoms with E-state index in [4.69, 9.17) is 5.73 Å². The van der Waals surface area contributed by atoms with Crippen LogP contribution in [0.5, 0.6) is 0 Å². The summed E-state index contributed by atoms with van der Waals surface area (Å²) in [7, 11) is 0. The van der Waals surface area contributed by atoms with Crippen molar-refractivity contribution < 1.29 is 14.0 Å². The van der Waals surface area contributed by atoms with Crippen molar-refractivity contribution in [2.24, 2.45) is 17.6 Å². The molecule has 1 amide bonds. The summed E-state index contributed by atoms with van der Waals surface area (Å²) in [6.07, 6.45) is 4.85. The van der Waals surface area contributed by atoms with Gasteiger partial charge in [-0.1, -0.05) is 32.4 Å². The van der Waals surface area contributed by atoms with Crippen LogP contribution < -0.4 is 11.1 Å². The lowest BCUT2D eigenvalue weighted by molar-refractivity contribution is -0.131. The van der Waals surface area contributed by atoms with Crippen LogP contribution in [0.3, 0.4) is 0 Å². The zero-order chi connectivity index (χ0) is 19.4. The summed E-state index contributed by atoms with van der Waals surface area (Å²) in [6.45, 7) is 5.21. The van der Waals surface area contributed by atoms with Crippen molar-refractivity contribution in [1.29, 1.82) is 0 Å². The molecule has 26 heavy (non-hydrogen) atoms. The largest absolute Gasteiger partial charge is 0.356 e. The van der Waals surface area contributed by atoms with Crippen molar-refractivity contribution in [3.05, 3.63) is 35.6 Å². The van der Waals surface area contributed by atoms with Crippen molar-refractivity contribution in [1.82, 2.24) is 5.32 Å². The molecule has 0 aromatic heterocycles. The van der Waals surface area contributed by atoms with Gasteiger partial charge in [0.1, 0.15) is 11.6 Å². The van der Waals surface area contributed by atoms with Gasteiger partial charge in [-0.15, -0.1) is 0 Å². The van der Waals surface area contributed by atoms with E-state index in [0.717, 1.165) is 24.8 Å². The molecule has 0 saturated carbocycles. The average Bonchev–Trinajstić information content (AvgIpc) is 2.64. The first-order valence-corrected chi connectivity index (χ1v) is 9.76. The predicted octanol–water partition coefficient (Wildman–Crippen LogP) is 3.63. The third-order valence-electron chi connectivity index (χ3n) is 4.75. The van der Waals surface area contributed by atoms with E-state index in [1.54, 1.807) is 12.1 Å². The molecular formula is C21H33FN2O2. The van der Waals surface area contributed by atoms with Crippen LogP contribution in [0.4, 0.5) is 4.39 Å². The number of rotatable bonds is 13. The van der Waals surface area contributed by atoms with Gasteiger partial charge >= 0.3 is 0 Å². The van der Waals surface area contributed by atoms with Crippen molar-refractivity contribution in [3.8, 4) is 0 Å². The van der Waals surface area contributed by atoms with Gasteiger partial charge in [0.25, 0.3) is 0 Å². The molecule has 0 heterocycles. The number of hydrogen-bond donors (Lipinski definition) is 2. The molecule has 0 saturated heterocycles. The van der Waals surface area contributed by atoms with Gasteiger partial charge in [-0.05, 0) is 56.3 Å². The van der Waals surface area contributed by atoms with E-state index in [2.05, 4.69) is 12.2 Å². The minimum absolute atomic E-state index is 0.0446. The molecule has 2 atom stereocenters. The number of amides is 1. The summed E-state index contributed by atoms with van der Waals surface area (Å²) < 4.78 is 13.0. The first kappa shape index (κ1) is 22.3. The van der Waals surface area contributed by atoms with Gasteiger partial charge < -0.3 is 11.1 Å². The smallest absolute Gasteiger partial charge is 0.223 e. The maximum absolute atomic E-state index is 13.0. The lowest BCUT2D eigenvalue weighted by atomic mass is 9.86. The number of nitrogens with two attached hydrogens (primary N) is 1. The van der Waals surface area contributed by atoms with Crippen LogP contribution in [0.2, 0.25) is 0 Å². The Balaban J connectivity index is 2.68. The van der Waals surface area contributed by atoms with Crippen LogP contribution in [0.15, 0.2) is 24.3 Å². The molecule has 146 valence electrons. The molecule has 0 aliphatic heterocycles. The fourth-order valence-corrected chi connectivity index (χ4v) is 3.02. The molecule has 5 heteroatoms. The summed E-state index contributed by atoms with van der Waals surface area (Å²) >= 11 is 0. The molecule has 0 fully saturated rings. The molecule has 0 radical (unpaired) electrons. The van der Waals surface area contributed by atoms with Crippen LogP contribution in [0, 0.1) is 17.7 Å². The fourth-order valence-electron chi connectivity index (χ4n) is 3.02. The summed E-state index contributed by atoms with van der Waals surface area (Å²) in [6, 6.07) is 6.26. The Morgan fingerprint density at radius 1 is 1.12 bits per heavy atom. The molecule has 4 nitrogen and oxygen atoms in total. The minimum Gasteiger partial charge on any atom is -0.356 e. The lowest BCUT2D eigenvalue weighted by Crippen LogP contribution is -2.34. The maximum Gasteiger partial charge on any atom is 0.223 e. The van der Waals surface area contributed by atoms with E-state index >= 15 is 0 Å². The summed E-state index contributed by atoms with van der Waals surface area (Å²) in [5.41, 5.74) is 6.52. The number of halogens is 1. The van der Waals surface area contributed by atoms with E-state index in [1.807, 2.05) is 6.92 Å². The molecule has 0 unspecified atom stereocenters. The second kappa shape index (κ2) is 12.6. The number of unbranched alkanes of at least 4 members (excludes halogenated alkanes) is 1. The molecule has 1 aromatic rings. The van der Waals surface area contributed by atoms with E-state index in [0.29, 0.717) is 32.4 Å². The third kappa shape index (κ3) is 8.09. The number of hydrogen-bond acceptors (Lipinski definition) is 3. The van der Waals surface area contributed by atoms with Gasteiger partial charge in [0.05, 0.1) is 0 Å². The number of carbonyl (C=O) groups is 2. The van der Waals surface area contributed by atoms with Gasteiger partial charge in [0, 0.05) is 24.8 Å². The van der Waals surface area contributed by atoms with Crippen LogP contribution in [-0.4, -0.2) is 24.8 Å². The first-order valence-electron chi connectivity index (χ1n) is 9.76. The maximum atomic E-state index is 13.0. The summed E-state index contributed by atoms with van der Waals surface area (Å²) in [4.78, 5) is 25.2. The molecule has 0 spiro atoms. The third-order valence-corrected chi connectivity index (χ3v) is 4.75. The number of Topliss-reactive ketones (excluding diaryl/α,β-unsaturated/α-hetero) is 1. The summed E-state index contributed by atoms with van der Waals surface area (Å²) in [5, 5.41) is 2.94. The zero-order valence-corrected chi connectivity index (χ0v) is 16.1. The number of carbonyl (C=O) groups excluding carboxylic acids is 2. The number of nitrogens with one attached hydrogen (secondary N) is 1. The van der Waals surface area contributed by atoms with E-state index in [1.165, 1.54) is 12.1 Å². The molecular weight excluding hydrogens is 331 g/mol. The minimum atomic E-state index is -0.315. The zero-order valence-electron chi connectivity index (χ0n) is 16.1. The highest BCUT2D eigenvalue weighted by Crippen LogP contribution is 2.20. The Kier molecular flexibility index (Phi) is 10.8. The molecule has 3 N–H and O–H groups in total. The van der Waals surface area contributed by atoms with Crippen molar-refractivity contribution in [3.63, 3.8) is 0 Å². The average molecular weight is 365 g/mol. The van der Waals surface area contributed by atoms with Crippen molar-refractivity contribution in [2.45, 2.75) is 58.8 Å². The monoisotopic (exact) mass is 364 g/mol. The van der Waals surface area contributed by atoms with E-state index in [9.17, 15) is 14.0 Å². The summed E-state index contributed by atoms with van der Waals surface area (Å²) in [5.74, 6) is -0.686. The Morgan fingerprint density at radius 2 is 1.81 bits per heavy atom. The Labute approximate surface area is 156 Å². The molecule has 1 aromatic carbocycles. The fraction of sp³-hybridized carbons (Fsp3) is 0.619. The quantitative estimate of drug-likeness (QED) is 0.525. The Hall–Kier alpha value is -1.75. The standard InChI is InChI=1S/C21H33FN2O2/c1-3-5-13-24-21(26)18(7-6-12-23)15-20(25)17(4-2)14-16-8-10-19(22)11-9-16/h8-11,17-18H,3-7,12-15,23H2,1-2H3,(H,24,26)/t17-,18+/m0/s1. The predicted molar refractivity (Wildman–Crippen MR) is 103 cm³/mol. The van der Waals surface area contributed by atoms with Gasteiger partial charge in [-0.25, -0.2) is 4.39 Å². The van der Waals surface area contributed by atoms with Crippen molar-refractivity contribution >= 4 is 11.7 Å². The normalized spacial score (nSPS) is 13.2. The highest BCUT2D eigenvalue weighted by Gasteiger charge is 2.25. The van der Waals surface area contributed by atoms with Gasteiger partial charge in [-0.3, -0.25) is 9.59 Å². The highest BCUT2D eigenvalue weighted by molar-refractivity contribution is 5.88. The number of ketones is 1. The highest BCUT2D eigenvalue weighted by atomic mass is 19.1. The van der Waals surface area contributed by atoms with E-state index < -0.39 is 0 Å². The first-order chi connectivity index (χ1) is 12.5. The molecule has 0 aliphatic rings. The van der Waals surface area contributed by atoms with Crippen LogP contribution in [0.1, 0.15) is 57.9 Å². The lowest BCUT2D eigenvalue weighted by Gasteiger charge is -2.20. The second-order valence-corrected chi connectivity index (χ2v) is 6.88. The second-order valence-electron chi connectivity index (χ2n) is 6.88. The van der Waals surface area contributed by atoms with Crippen LogP contribution >= 0.6 is 0 Å². The van der Waals surface area contributed by atoms with Gasteiger partial charge in [0.15, 0.2) is 0 Å². The van der Waals surface area contributed by atoms with Crippen LogP contribution in [-0.2, 0) is 16.0 Å². The SMILES string of the molecule is CCCCNC(=O)[C@H](CCCN)CC(=O)[C@@H](CC)Cc1ccc(F)cc1. The van der Waals surface area contributed by atoms with Gasteiger partial charge in [-0.2, -0.15) is 0 Å². The van der Waals surface area contributed by atoms with E-state index in [-0.39, 0.29) is 35.8 Å². The Bertz CT molecular complexity index is 545. The molecule has 1 rings (SSSR count). The Morgan fingerprint density at radius 3 is 2.38 bits per heavy atom. The van der Waals surface area contributed by atoms with Crippen LogP contribution in [0.25, 0.3) is 0 Å². The number of benzene rings is 1. The van der Waals surface area contributed by atoms with Crippen molar-refractivity contribution in [2.75, 3.05) is 13.1 Å².